The van der Waals surface area contributed by atoms with E-state index < -0.39 is 0 Å². The van der Waals surface area contributed by atoms with Crippen LogP contribution in [0.4, 0.5) is 5.69 Å². The molecular weight excluding hydrogens is 286 g/mol. The first kappa shape index (κ1) is 14.1. The number of fused-ring (bicyclic) bond motifs is 1. The zero-order chi connectivity index (χ0) is 14.8. The Balaban J connectivity index is 1.85. The van der Waals surface area contributed by atoms with E-state index in [9.17, 15) is 4.79 Å². The summed E-state index contributed by atoms with van der Waals surface area (Å²) in [6, 6.07) is 7.79. The molecule has 1 amide bonds. The maximum absolute atomic E-state index is 11.7. The molecule has 0 radical (unpaired) electrons. The standard InChI is InChI=1S/C16H18ClN3O/c1-2-16(21)20-9-7-19(8-10-20)15-5-6-18-14-4-3-12(17)11-13(14)15/h3-6,11H,2,7-10H2,1H3. The molecule has 0 bridgehead atoms. The Morgan fingerprint density at radius 3 is 2.71 bits per heavy atom. The largest absolute Gasteiger partial charge is 0.367 e. The number of hydrogen-bond donors (Lipinski definition) is 0. The SMILES string of the molecule is CCC(=O)N1CCN(c2ccnc3ccc(Cl)cc23)CC1. The minimum Gasteiger partial charge on any atom is -0.367 e. The summed E-state index contributed by atoms with van der Waals surface area (Å²) in [5.41, 5.74) is 2.09. The number of benzene rings is 1. The number of piperazine rings is 1. The second-order valence-electron chi connectivity index (χ2n) is 5.21. The highest BCUT2D eigenvalue weighted by Gasteiger charge is 2.21. The van der Waals surface area contributed by atoms with E-state index in [2.05, 4.69) is 9.88 Å². The first-order chi connectivity index (χ1) is 10.2. The van der Waals surface area contributed by atoms with Crippen molar-refractivity contribution in [2.75, 3.05) is 31.1 Å². The van der Waals surface area contributed by atoms with Crippen molar-refractivity contribution >= 4 is 34.1 Å². The highest BCUT2D eigenvalue weighted by Crippen LogP contribution is 2.28. The van der Waals surface area contributed by atoms with E-state index in [4.69, 9.17) is 11.6 Å². The fourth-order valence-corrected chi connectivity index (χ4v) is 2.97. The molecule has 1 aromatic heterocycles. The van der Waals surface area contributed by atoms with Gasteiger partial charge in [-0.05, 0) is 24.3 Å². The number of rotatable bonds is 2. The number of carbonyl (C=O) groups excluding carboxylic acids is 1. The third-order valence-corrected chi connectivity index (χ3v) is 4.19. The van der Waals surface area contributed by atoms with Gasteiger partial charge in [0.25, 0.3) is 0 Å². The van der Waals surface area contributed by atoms with Crippen LogP contribution in [-0.4, -0.2) is 42.0 Å². The van der Waals surface area contributed by atoms with Crippen molar-refractivity contribution in [1.29, 1.82) is 0 Å². The van der Waals surface area contributed by atoms with Crippen LogP contribution in [0.15, 0.2) is 30.5 Å². The molecule has 5 heteroatoms. The molecule has 3 rings (SSSR count). The fraction of sp³-hybridized carbons (Fsp3) is 0.375. The molecule has 1 fully saturated rings. The summed E-state index contributed by atoms with van der Waals surface area (Å²) in [7, 11) is 0. The lowest BCUT2D eigenvalue weighted by molar-refractivity contribution is -0.131. The summed E-state index contributed by atoms with van der Waals surface area (Å²) in [5.74, 6) is 0.234. The summed E-state index contributed by atoms with van der Waals surface area (Å²) in [6.45, 7) is 5.15. The molecule has 21 heavy (non-hydrogen) atoms. The van der Waals surface area contributed by atoms with Crippen LogP contribution >= 0.6 is 11.6 Å². The van der Waals surface area contributed by atoms with Crippen molar-refractivity contribution in [2.24, 2.45) is 0 Å². The maximum atomic E-state index is 11.7. The van der Waals surface area contributed by atoms with Crippen LogP contribution in [0, 0.1) is 0 Å². The predicted molar refractivity (Wildman–Crippen MR) is 85.8 cm³/mol. The highest BCUT2D eigenvalue weighted by molar-refractivity contribution is 6.31. The number of anilines is 1. The lowest BCUT2D eigenvalue weighted by atomic mass is 10.1. The van der Waals surface area contributed by atoms with Crippen LogP contribution < -0.4 is 4.90 Å². The Kier molecular flexibility index (Phi) is 3.97. The van der Waals surface area contributed by atoms with Gasteiger partial charge in [-0.15, -0.1) is 0 Å². The summed E-state index contributed by atoms with van der Waals surface area (Å²) < 4.78 is 0. The van der Waals surface area contributed by atoms with E-state index in [1.54, 1.807) is 0 Å². The van der Waals surface area contributed by atoms with Crippen molar-refractivity contribution in [2.45, 2.75) is 13.3 Å². The fourth-order valence-electron chi connectivity index (χ4n) is 2.80. The normalized spacial score (nSPS) is 15.5. The van der Waals surface area contributed by atoms with E-state index in [-0.39, 0.29) is 5.91 Å². The predicted octanol–water partition coefficient (Wildman–Crippen LogP) is 2.95. The molecule has 0 aliphatic carbocycles. The quantitative estimate of drug-likeness (QED) is 0.856. The number of halogens is 1. The van der Waals surface area contributed by atoms with Gasteiger partial charge in [-0.1, -0.05) is 18.5 Å². The summed E-state index contributed by atoms with van der Waals surface area (Å²) in [5, 5.41) is 1.79. The Morgan fingerprint density at radius 1 is 1.24 bits per heavy atom. The zero-order valence-electron chi connectivity index (χ0n) is 12.1. The van der Waals surface area contributed by atoms with Crippen molar-refractivity contribution in [3.05, 3.63) is 35.5 Å². The smallest absolute Gasteiger partial charge is 0.222 e. The van der Waals surface area contributed by atoms with Gasteiger partial charge in [0, 0.05) is 54.9 Å². The highest BCUT2D eigenvalue weighted by atomic mass is 35.5. The van der Waals surface area contributed by atoms with Crippen LogP contribution in [0.3, 0.4) is 0 Å². The van der Waals surface area contributed by atoms with Gasteiger partial charge in [-0.2, -0.15) is 0 Å². The molecule has 0 saturated carbocycles. The molecule has 1 aromatic carbocycles. The second-order valence-corrected chi connectivity index (χ2v) is 5.65. The van der Waals surface area contributed by atoms with Crippen molar-refractivity contribution in [1.82, 2.24) is 9.88 Å². The van der Waals surface area contributed by atoms with Gasteiger partial charge in [0.1, 0.15) is 0 Å². The molecule has 4 nitrogen and oxygen atoms in total. The van der Waals surface area contributed by atoms with Crippen LogP contribution in [0.5, 0.6) is 0 Å². The molecule has 0 atom stereocenters. The third-order valence-electron chi connectivity index (χ3n) is 3.96. The van der Waals surface area contributed by atoms with E-state index in [1.807, 2.05) is 42.3 Å². The van der Waals surface area contributed by atoms with Gasteiger partial charge in [0.05, 0.1) is 5.52 Å². The van der Waals surface area contributed by atoms with Crippen LogP contribution in [0.1, 0.15) is 13.3 Å². The molecule has 0 N–H and O–H groups in total. The number of amides is 1. The van der Waals surface area contributed by atoms with Gasteiger partial charge in [-0.25, -0.2) is 0 Å². The zero-order valence-corrected chi connectivity index (χ0v) is 12.8. The molecule has 1 aliphatic heterocycles. The van der Waals surface area contributed by atoms with Gasteiger partial charge in [-0.3, -0.25) is 9.78 Å². The Bertz CT molecular complexity index is 666. The molecule has 2 heterocycles. The van der Waals surface area contributed by atoms with E-state index in [0.29, 0.717) is 6.42 Å². The Labute approximate surface area is 129 Å². The molecule has 0 spiro atoms. The molecule has 1 aliphatic rings. The molecule has 2 aromatic rings. The number of carbonyl (C=O) groups is 1. The van der Waals surface area contributed by atoms with Gasteiger partial charge < -0.3 is 9.80 Å². The van der Waals surface area contributed by atoms with Gasteiger partial charge in [0.15, 0.2) is 0 Å². The van der Waals surface area contributed by atoms with Crippen LogP contribution in [-0.2, 0) is 4.79 Å². The lowest BCUT2D eigenvalue weighted by Crippen LogP contribution is -2.48. The summed E-state index contributed by atoms with van der Waals surface area (Å²) >= 11 is 6.11. The van der Waals surface area contributed by atoms with E-state index in [0.717, 1.165) is 47.8 Å². The Morgan fingerprint density at radius 2 is 2.00 bits per heavy atom. The van der Waals surface area contributed by atoms with Crippen molar-refractivity contribution < 1.29 is 4.79 Å². The average Bonchev–Trinajstić information content (AvgIpc) is 2.53. The number of pyridine rings is 1. The maximum Gasteiger partial charge on any atom is 0.222 e. The lowest BCUT2D eigenvalue weighted by Gasteiger charge is -2.36. The molecule has 110 valence electrons. The van der Waals surface area contributed by atoms with E-state index >= 15 is 0 Å². The summed E-state index contributed by atoms with van der Waals surface area (Å²) in [6.07, 6.45) is 2.41. The Hall–Kier alpha value is -1.81. The van der Waals surface area contributed by atoms with E-state index in [1.165, 1.54) is 0 Å². The minimum absolute atomic E-state index is 0.234. The van der Waals surface area contributed by atoms with Crippen LogP contribution in [0.2, 0.25) is 5.02 Å². The first-order valence-corrected chi connectivity index (χ1v) is 7.64. The average molecular weight is 304 g/mol. The van der Waals surface area contributed by atoms with Crippen molar-refractivity contribution in [3.8, 4) is 0 Å². The monoisotopic (exact) mass is 303 g/mol. The van der Waals surface area contributed by atoms with Gasteiger partial charge >= 0.3 is 0 Å². The van der Waals surface area contributed by atoms with Crippen molar-refractivity contribution in [3.63, 3.8) is 0 Å². The third kappa shape index (κ3) is 2.81. The number of hydrogen-bond acceptors (Lipinski definition) is 3. The van der Waals surface area contributed by atoms with Gasteiger partial charge in [0.2, 0.25) is 5.91 Å². The number of aromatic nitrogens is 1. The molecule has 0 unspecified atom stereocenters. The first-order valence-electron chi connectivity index (χ1n) is 7.26. The second kappa shape index (κ2) is 5.90. The number of nitrogens with zero attached hydrogens (tertiary/aromatic N) is 3. The topological polar surface area (TPSA) is 36.4 Å². The summed E-state index contributed by atoms with van der Waals surface area (Å²) in [4.78, 5) is 20.4. The molecular formula is C16H18ClN3O. The molecule has 1 saturated heterocycles. The minimum atomic E-state index is 0.234. The van der Waals surface area contributed by atoms with Crippen LogP contribution in [0.25, 0.3) is 10.9 Å².